The van der Waals surface area contributed by atoms with E-state index in [0.29, 0.717) is 27.6 Å². The lowest BCUT2D eigenvalue weighted by atomic mass is 10.1. The third kappa shape index (κ3) is 4.71. The fraction of sp³-hybridized carbons (Fsp3) is 0.0476. The van der Waals surface area contributed by atoms with Crippen LogP contribution >= 0.6 is 11.6 Å². The number of Topliss-reactive ketones (excluding diaryl/α,β-unsaturated/α-hetero) is 1. The Labute approximate surface area is 155 Å². The first-order chi connectivity index (χ1) is 12.6. The van der Waals surface area contributed by atoms with Crippen LogP contribution in [0, 0.1) is 0 Å². The predicted molar refractivity (Wildman–Crippen MR) is 99.0 cm³/mol. The molecule has 0 radical (unpaired) electrons. The highest BCUT2D eigenvalue weighted by Gasteiger charge is 2.12. The Bertz CT molecular complexity index is 888. The molecular formula is C21H15ClO4. The average molecular weight is 367 g/mol. The summed E-state index contributed by atoms with van der Waals surface area (Å²) in [4.78, 5) is 24.1. The van der Waals surface area contributed by atoms with Crippen molar-refractivity contribution in [1.82, 2.24) is 0 Å². The Morgan fingerprint density at radius 2 is 1.31 bits per heavy atom. The lowest BCUT2D eigenvalue weighted by Gasteiger charge is -2.07. The third-order valence-corrected chi connectivity index (χ3v) is 3.82. The van der Waals surface area contributed by atoms with Crippen LogP contribution in [0.3, 0.4) is 0 Å². The second-order valence-corrected chi connectivity index (χ2v) is 5.88. The quantitative estimate of drug-likeness (QED) is 0.446. The number of esters is 1. The molecule has 0 aliphatic carbocycles. The minimum absolute atomic E-state index is 0.293. The zero-order valence-corrected chi connectivity index (χ0v) is 14.5. The number of ketones is 1. The van der Waals surface area contributed by atoms with E-state index in [1.54, 1.807) is 48.5 Å². The van der Waals surface area contributed by atoms with E-state index in [1.165, 1.54) is 0 Å². The van der Waals surface area contributed by atoms with E-state index < -0.39 is 5.97 Å². The van der Waals surface area contributed by atoms with Crippen LogP contribution in [-0.4, -0.2) is 18.4 Å². The monoisotopic (exact) mass is 366 g/mol. The molecule has 0 bridgehead atoms. The fourth-order valence-corrected chi connectivity index (χ4v) is 2.34. The molecule has 0 aliphatic rings. The Kier molecular flexibility index (Phi) is 5.66. The molecule has 0 aromatic heterocycles. The second kappa shape index (κ2) is 8.32. The maximum Gasteiger partial charge on any atom is 0.338 e. The summed E-state index contributed by atoms with van der Waals surface area (Å²) < 4.78 is 10.7. The highest BCUT2D eigenvalue weighted by atomic mass is 35.5. The lowest BCUT2D eigenvalue weighted by Crippen LogP contribution is -2.14. The van der Waals surface area contributed by atoms with Crippen LogP contribution in [0.1, 0.15) is 20.7 Å². The van der Waals surface area contributed by atoms with Gasteiger partial charge in [0.2, 0.25) is 0 Å². The molecule has 0 spiro atoms. The number of hydrogen-bond acceptors (Lipinski definition) is 4. The normalized spacial score (nSPS) is 10.2. The van der Waals surface area contributed by atoms with Crippen LogP contribution in [-0.2, 0) is 4.74 Å². The van der Waals surface area contributed by atoms with Crippen molar-refractivity contribution in [2.24, 2.45) is 0 Å². The SMILES string of the molecule is O=C(COC(=O)c1ccc(Oc2ccccc2)cc1)c1ccc(Cl)cc1. The summed E-state index contributed by atoms with van der Waals surface area (Å²) in [5, 5.41) is 0.538. The highest BCUT2D eigenvalue weighted by molar-refractivity contribution is 6.30. The van der Waals surface area contributed by atoms with Crippen LogP contribution in [0.15, 0.2) is 78.9 Å². The van der Waals surface area contributed by atoms with Gasteiger partial charge in [-0.1, -0.05) is 29.8 Å². The molecule has 3 aromatic rings. The molecule has 0 fully saturated rings. The molecule has 3 aromatic carbocycles. The van der Waals surface area contributed by atoms with Gasteiger partial charge in [0, 0.05) is 10.6 Å². The van der Waals surface area contributed by atoms with Crippen LogP contribution in [0.5, 0.6) is 11.5 Å². The minimum Gasteiger partial charge on any atom is -0.457 e. The van der Waals surface area contributed by atoms with Crippen molar-refractivity contribution in [2.45, 2.75) is 0 Å². The summed E-state index contributed by atoms with van der Waals surface area (Å²) in [5.74, 6) is 0.444. The fourth-order valence-electron chi connectivity index (χ4n) is 2.22. The first-order valence-electron chi connectivity index (χ1n) is 7.91. The molecule has 0 saturated carbocycles. The molecule has 0 heterocycles. The molecule has 0 saturated heterocycles. The molecule has 130 valence electrons. The van der Waals surface area contributed by atoms with E-state index in [9.17, 15) is 9.59 Å². The first kappa shape index (κ1) is 17.7. The molecule has 0 amide bonds. The number of halogens is 1. The Balaban J connectivity index is 1.56. The summed E-state index contributed by atoms with van der Waals surface area (Å²) in [6.45, 7) is -0.331. The highest BCUT2D eigenvalue weighted by Crippen LogP contribution is 2.21. The molecule has 5 heteroatoms. The Morgan fingerprint density at radius 1 is 0.731 bits per heavy atom. The van der Waals surface area contributed by atoms with E-state index in [4.69, 9.17) is 21.1 Å². The minimum atomic E-state index is -0.571. The zero-order chi connectivity index (χ0) is 18.4. The van der Waals surface area contributed by atoms with Gasteiger partial charge in [-0.3, -0.25) is 4.79 Å². The smallest absolute Gasteiger partial charge is 0.338 e. The number of carbonyl (C=O) groups excluding carboxylic acids is 2. The average Bonchev–Trinajstić information content (AvgIpc) is 2.68. The molecule has 3 rings (SSSR count). The Morgan fingerprint density at radius 3 is 1.96 bits per heavy atom. The van der Waals surface area contributed by atoms with Crippen molar-refractivity contribution >= 4 is 23.4 Å². The lowest BCUT2D eigenvalue weighted by molar-refractivity contribution is 0.0474. The number of carbonyl (C=O) groups is 2. The largest absolute Gasteiger partial charge is 0.457 e. The predicted octanol–water partition coefficient (Wildman–Crippen LogP) is 5.17. The van der Waals surface area contributed by atoms with E-state index in [0.717, 1.165) is 0 Å². The number of para-hydroxylation sites is 1. The second-order valence-electron chi connectivity index (χ2n) is 5.45. The van der Waals surface area contributed by atoms with Gasteiger partial charge in [-0.15, -0.1) is 0 Å². The topological polar surface area (TPSA) is 52.6 Å². The van der Waals surface area contributed by atoms with Crippen LogP contribution in [0.2, 0.25) is 5.02 Å². The van der Waals surface area contributed by atoms with E-state index in [1.807, 2.05) is 30.3 Å². The summed E-state index contributed by atoms with van der Waals surface area (Å²) in [5.41, 5.74) is 0.781. The van der Waals surface area contributed by atoms with Gasteiger partial charge in [-0.2, -0.15) is 0 Å². The molecule has 4 nitrogen and oxygen atoms in total. The standard InChI is InChI=1S/C21H15ClO4/c22-17-10-6-15(7-11-17)20(23)14-25-21(24)16-8-12-19(13-9-16)26-18-4-2-1-3-5-18/h1-13H,14H2. The van der Waals surface area contributed by atoms with Crippen molar-refractivity contribution < 1.29 is 19.1 Å². The van der Waals surface area contributed by atoms with Gasteiger partial charge < -0.3 is 9.47 Å². The van der Waals surface area contributed by atoms with Crippen molar-refractivity contribution in [2.75, 3.05) is 6.61 Å². The van der Waals surface area contributed by atoms with E-state index in [2.05, 4.69) is 0 Å². The molecule has 26 heavy (non-hydrogen) atoms. The molecular weight excluding hydrogens is 352 g/mol. The van der Waals surface area contributed by atoms with Gasteiger partial charge in [-0.05, 0) is 60.7 Å². The first-order valence-corrected chi connectivity index (χ1v) is 8.28. The van der Waals surface area contributed by atoms with Crippen molar-refractivity contribution in [3.63, 3.8) is 0 Å². The van der Waals surface area contributed by atoms with Gasteiger partial charge in [-0.25, -0.2) is 4.79 Å². The number of ether oxygens (including phenoxy) is 2. The molecule has 0 aliphatic heterocycles. The van der Waals surface area contributed by atoms with Gasteiger partial charge >= 0.3 is 5.97 Å². The van der Waals surface area contributed by atoms with Crippen LogP contribution in [0.25, 0.3) is 0 Å². The number of benzene rings is 3. The van der Waals surface area contributed by atoms with E-state index >= 15 is 0 Å². The van der Waals surface area contributed by atoms with Crippen molar-refractivity contribution in [1.29, 1.82) is 0 Å². The number of rotatable bonds is 6. The summed E-state index contributed by atoms with van der Waals surface area (Å²) in [7, 11) is 0. The van der Waals surface area contributed by atoms with Gasteiger partial charge in [0.15, 0.2) is 12.4 Å². The summed E-state index contributed by atoms with van der Waals surface area (Å²) >= 11 is 5.78. The number of hydrogen-bond donors (Lipinski definition) is 0. The van der Waals surface area contributed by atoms with Crippen molar-refractivity contribution in [3.8, 4) is 11.5 Å². The summed E-state index contributed by atoms with van der Waals surface area (Å²) in [6, 6.07) is 22.3. The van der Waals surface area contributed by atoms with Gasteiger partial charge in [0.25, 0.3) is 0 Å². The van der Waals surface area contributed by atoms with Crippen molar-refractivity contribution in [3.05, 3.63) is 95.0 Å². The third-order valence-electron chi connectivity index (χ3n) is 3.57. The zero-order valence-electron chi connectivity index (χ0n) is 13.7. The molecule has 0 unspecified atom stereocenters. The Hall–Kier alpha value is -3.11. The molecule has 0 atom stereocenters. The maximum atomic E-state index is 12.1. The molecule has 0 N–H and O–H groups in total. The van der Waals surface area contributed by atoms with E-state index in [-0.39, 0.29) is 12.4 Å². The summed E-state index contributed by atoms with van der Waals surface area (Å²) in [6.07, 6.45) is 0. The van der Waals surface area contributed by atoms with Crippen LogP contribution in [0.4, 0.5) is 0 Å². The van der Waals surface area contributed by atoms with Gasteiger partial charge in [0.05, 0.1) is 5.56 Å². The van der Waals surface area contributed by atoms with Gasteiger partial charge in [0.1, 0.15) is 11.5 Å². The maximum absolute atomic E-state index is 12.1. The van der Waals surface area contributed by atoms with Crippen LogP contribution < -0.4 is 4.74 Å².